The average Bonchev–Trinajstić information content (AvgIpc) is 2.48. The van der Waals surface area contributed by atoms with Crippen molar-refractivity contribution in [3.63, 3.8) is 0 Å². The van der Waals surface area contributed by atoms with Crippen LogP contribution >= 0.6 is 0 Å². The predicted molar refractivity (Wildman–Crippen MR) is 85.3 cm³/mol. The molecule has 0 aromatic heterocycles. The second-order valence-corrected chi connectivity index (χ2v) is 5.81. The number of nitrogens with one attached hydrogen (secondary N) is 1. The smallest absolute Gasteiger partial charge is 0.0469 e. The van der Waals surface area contributed by atoms with Gasteiger partial charge < -0.3 is 15.0 Å². The first-order chi connectivity index (χ1) is 9.70. The minimum Gasteiger partial charge on any atom is -0.381 e. The first kappa shape index (κ1) is 15.3. The first-order valence-electron chi connectivity index (χ1n) is 7.83. The van der Waals surface area contributed by atoms with Crippen molar-refractivity contribution >= 4 is 5.69 Å². The number of rotatable bonds is 6. The van der Waals surface area contributed by atoms with Crippen LogP contribution in [0.15, 0.2) is 24.3 Å². The Bertz CT molecular complexity index is 384. The molecule has 20 heavy (non-hydrogen) atoms. The Hall–Kier alpha value is -1.06. The fourth-order valence-corrected chi connectivity index (χ4v) is 2.86. The molecule has 112 valence electrons. The van der Waals surface area contributed by atoms with Crippen molar-refractivity contribution in [3.05, 3.63) is 29.8 Å². The van der Waals surface area contributed by atoms with Crippen molar-refractivity contribution in [1.29, 1.82) is 0 Å². The van der Waals surface area contributed by atoms with Gasteiger partial charge in [-0.3, -0.25) is 0 Å². The lowest BCUT2D eigenvalue weighted by atomic mass is 9.99. The standard InChI is InChI=1S/C17H28N2O/c1-4-18-14(2)16-5-7-17(8-6-16)19(3)13-15-9-11-20-12-10-15/h5-8,14-15,18H,4,9-13H2,1-3H3. The molecular weight excluding hydrogens is 248 g/mol. The van der Waals surface area contributed by atoms with Crippen LogP contribution in [0.1, 0.15) is 38.3 Å². The van der Waals surface area contributed by atoms with Crippen molar-refractivity contribution in [3.8, 4) is 0 Å². The number of nitrogens with zero attached hydrogens (tertiary/aromatic N) is 1. The number of benzene rings is 1. The molecule has 3 nitrogen and oxygen atoms in total. The molecule has 1 atom stereocenters. The molecular formula is C17H28N2O. The van der Waals surface area contributed by atoms with E-state index >= 15 is 0 Å². The molecule has 1 unspecified atom stereocenters. The number of hydrogen-bond acceptors (Lipinski definition) is 3. The van der Waals surface area contributed by atoms with Gasteiger partial charge in [-0.15, -0.1) is 0 Å². The molecule has 0 radical (unpaired) electrons. The van der Waals surface area contributed by atoms with Gasteiger partial charge in [-0.25, -0.2) is 0 Å². The fraction of sp³-hybridized carbons (Fsp3) is 0.647. The van der Waals surface area contributed by atoms with Crippen LogP contribution in [0.3, 0.4) is 0 Å². The van der Waals surface area contributed by atoms with E-state index in [9.17, 15) is 0 Å². The van der Waals surface area contributed by atoms with E-state index in [1.807, 2.05) is 0 Å². The molecule has 1 saturated heterocycles. The van der Waals surface area contributed by atoms with Gasteiger partial charge in [0.2, 0.25) is 0 Å². The van der Waals surface area contributed by atoms with Crippen LogP contribution in [0.2, 0.25) is 0 Å². The van der Waals surface area contributed by atoms with Gasteiger partial charge in [0.05, 0.1) is 0 Å². The van der Waals surface area contributed by atoms with E-state index in [-0.39, 0.29) is 0 Å². The van der Waals surface area contributed by atoms with Crippen molar-refractivity contribution in [1.82, 2.24) is 5.32 Å². The highest BCUT2D eigenvalue weighted by Crippen LogP contribution is 2.22. The van der Waals surface area contributed by atoms with E-state index in [0.717, 1.165) is 32.2 Å². The molecule has 0 aliphatic carbocycles. The Morgan fingerprint density at radius 1 is 1.25 bits per heavy atom. The van der Waals surface area contributed by atoms with E-state index in [1.54, 1.807) is 0 Å². The quantitative estimate of drug-likeness (QED) is 0.863. The Morgan fingerprint density at radius 3 is 2.50 bits per heavy atom. The molecule has 0 saturated carbocycles. The Balaban J connectivity index is 1.91. The zero-order chi connectivity index (χ0) is 14.4. The maximum atomic E-state index is 5.43. The van der Waals surface area contributed by atoms with Crippen LogP contribution < -0.4 is 10.2 Å². The van der Waals surface area contributed by atoms with Crippen LogP contribution in [-0.2, 0) is 4.74 Å². The minimum atomic E-state index is 0.426. The SMILES string of the molecule is CCNC(C)c1ccc(N(C)CC2CCOCC2)cc1. The van der Waals surface area contributed by atoms with Crippen molar-refractivity contribution < 1.29 is 4.74 Å². The van der Waals surface area contributed by atoms with E-state index in [0.29, 0.717) is 6.04 Å². The minimum absolute atomic E-state index is 0.426. The largest absolute Gasteiger partial charge is 0.381 e. The van der Waals surface area contributed by atoms with Gasteiger partial charge in [0.15, 0.2) is 0 Å². The highest BCUT2D eigenvalue weighted by atomic mass is 16.5. The van der Waals surface area contributed by atoms with Gasteiger partial charge in [-0.05, 0) is 49.9 Å². The van der Waals surface area contributed by atoms with E-state index < -0.39 is 0 Å². The van der Waals surface area contributed by atoms with Gasteiger partial charge in [-0.2, -0.15) is 0 Å². The normalized spacial score (nSPS) is 17.9. The van der Waals surface area contributed by atoms with E-state index in [4.69, 9.17) is 4.74 Å². The average molecular weight is 276 g/mol. The molecule has 0 bridgehead atoms. The Kier molecular flexibility index (Phi) is 5.86. The summed E-state index contributed by atoms with van der Waals surface area (Å²) in [5.41, 5.74) is 2.67. The second-order valence-electron chi connectivity index (χ2n) is 5.81. The zero-order valence-corrected chi connectivity index (χ0v) is 13.1. The maximum absolute atomic E-state index is 5.43. The Labute approximate surface area is 123 Å². The summed E-state index contributed by atoms with van der Waals surface area (Å²) in [6.07, 6.45) is 2.39. The lowest BCUT2D eigenvalue weighted by Gasteiger charge is -2.28. The van der Waals surface area contributed by atoms with E-state index in [2.05, 4.69) is 55.4 Å². The molecule has 2 rings (SSSR count). The van der Waals surface area contributed by atoms with Crippen LogP contribution in [0.4, 0.5) is 5.69 Å². The lowest BCUT2D eigenvalue weighted by molar-refractivity contribution is 0.0685. The molecule has 1 aliphatic rings. The molecule has 1 fully saturated rings. The molecule has 1 N–H and O–H groups in total. The summed E-state index contributed by atoms with van der Waals surface area (Å²) >= 11 is 0. The highest BCUT2D eigenvalue weighted by molar-refractivity contribution is 5.47. The van der Waals surface area contributed by atoms with Crippen LogP contribution in [-0.4, -0.2) is 33.4 Å². The molecule has 0 amide bonds. The first-order valence-corrected chi connectivity index (χ1v) is 7.83. The second kappa shape index (κ2) is 7.65. The van der Waals surface area contributed by atoms with Gasteiger partial charge in [0.1, 0.15) is 0 Å². The predicted octanol–water partition coefficient (Wildman–Crippen LogP) is 3.22. The molecule has 1 aromatic rings. The van der Waals surface area contributed by atoms with Crippen LogP contribution in [0, 0.1) is 5.92 Å². The lowest BCUT2D eigenvalue weighted by Crippen LogP contribution is -2.29. The van der Waals surface area contributed by atoms with Gasteiger partial charge in [0.25, 0.3) is 0 Å². The summed E-state index contributed by atoms with van der Waals surface area (Å²) < 4.78 is 5.43. The molecule has 1 aromatic carbocycles. The van der Waals surface area contributed by atoms with Crippen LogP contribution in [0.25, 0.3) is 0 Å². The maximum Gasteiger partial charge on any atom is 0.0469 e. The van der Waals surface area contributed by atoms with E-state index in [1.165, 1.54) is 24.1 Å². The fourth-order valence-electron chi connectivity index (χ4n) is 2.86. The number of ether oxygens (including phenoxy) is 1. The highest BCUT2D eigenvalue weighted by Gasteiger charge is 2.16. The third kappa shape index (κ3) is 4.22. The summed E-state index contributed by atoms with van der Waals surface area (Å²) in [6.45, 7) is 8.35. The molecule has 3 heteroatoms. The molecule has 1 aliphatic heterocycles. The molecule has 1 heterocycles. The van der Waals surface area contributed by atoms with Gasteiger partial charge >= 0.3 is 0 Å². The Morgan fingerprint density at radius 2 is 1.90 bits per heavy atom. The zero-order valence-electron chi connectivity index (χ0n) is 13.1. The van der Waals surface area contributed by atoms with Gasteiger partial charge in [0, 0.05) is 38.5 Å². The number of hydrogen-bond donors (Lipinski definition) is 1. The summed E-state index contributed by atoms with van der Waals surface area (Å²) in [5.74, 6) is 0.772. The van der Waals surface area contributed by atoms with Crippen molar-refractivity contribution in [2.45, 2.75) is 32.7 Å². The van der Waals surface area contributed by atoms with Crippen molar-refractivity contribution in [2.75, 3.05) is 38.3 Å². The number of anilines is 1. The topological polar surface area (TPSA) is 24.5 Å². The molecule has 0 spiro atoms. The summed E-state index contributed by atoms with van der Waals surface area (Å²) in [5, 5.41) is 3.45. The van der Waals surface area contributed by atoms with Crippen molar-refractivity contribution in [2.24, 2.45) is 5.92 Å². The third-order valence-corrected chi connectivity index (χ3v) is 4.22. The van der Waals surface area contributed by atoms with Crippen LogP contribution in [0.5, 0.6) is 0 Å². The van der Waals surface area contributed by atoms with Gasteiger partial charge in [-0.1, -0.05) is 19.1 Å². The monoisotopic (exact) mass is 276 g/mol. The summed E-state index contributed by atoms with van der Waals surface area (Å²) in [6, 6.07) is 9.38. The summed E-state index contributed by atoms with van der Waals surface area (Å²) in [4.78, 5) is 2.37. The summed E-state index contributed by atoms with van der Waals surface area (Å²) in [7, 11) is 2.19. The third-order valence-electron chi connectivity index (χ3n) is 4.22.